The number of morpholine rings is 1. The molecular formula is C15H17N3O3S. The lowest BCUT2D eigenvalue weighted by atomic mass is 10.1. The molecule has 0 saturated carbocycles. The fourth-order valence-electron chi connectivity index (χ4n) is 2.43. The van der Waals surface area contributed by atoms with E-state index in [1.807, 2.05) is 11.4 Å². The van der Waals surface area contributed by atoms with Crippen LogP contribution < -0.4 is 0 Å². The van der Waals surface area contributed by atoms with Crippen molar-refractivity contribution in [1.29, 1.82) is 0 Å². The Morgan fingerprint density at radius 1 is 1.41 bits per heavy atom. The lowest BCUT2D eigenvalue weighted by molar-refractivity contribution is -0.385. The summed E-state index contributed by atoms with van der Waals surface area (Å²) in [4.78, 5) is 17.6. The first kappa shape index (κ1) is 15.1. The summed E-state index contributed by atoms with van der Waals surface area (Å²) in [7, 11) is 0. The number of ether oxygens (including phenoxy) is 1. The van der Waals surface area contributed by atoms with Crippen LogP contribution >= 0.6 is 11.3 Å². The van der Waals surface area contributed by atoms with E-state index in [1.54, 1.807) is 30.4 Å². The predicted molar refractivity (Wildman–Crippen MR) is 85.0 cm³/mol. The Hall–Kier alpha value is -1.83. The summed E-state index contributed by atoms with van der Waals surface area (Å²) in [6.07, 6.45) is 0. The smallest absolute Gasteiger partial charge is 0.272 e. The van der Waals surface area contributed by atoms with Crippen molar-refractivity contribution < 1.29 is 9.66 Å². The molecule has 0 radical (unpaired) electrons. The molecule has 0 bridgehead atoms. The Kier molecular flexibility index (Phi) is 4.47. The summed E-state index contributed by atoms with van der Waals surface area (Å²) in [6, 6.07) is 5.26. The van der Waals surface area contributed by atoms with Crippen LogP contribution in [0.2, 0.25) is 0 Å². The molecule has 0 spiro atoms. The molecule has 1 fully saturated rings. The number of rotatable bonds is 4. The number of thiazole rings is 1. The van der Waals surface area contributed by atoms with Crippen LogP contribution in [-0.4, -0.2) is 41.1 Å². The molecule has 1 saturated heterocycles. The first-order chi connectivity index (χ1) is 10.6. The summed E-state index contributed by atoms with van der Waals surface area (Å²) in [5.41, 5.74) is 2.40. The van der Waals surface area contributed by atoms with E-state index < -0.39 is 0 Å². The molecule has 1 aliphatic rings. The summed E-state index contributed by atoms with van der Waals surface area (Å²) >= 11 is 1.59. The van der Waals surface area contributed by atoms with E-state index >= 15 is 0 Å². The second-order valence-corrected chi connectivity index (χ2v) is 6.22. The molecule has 6 nitrogen and oxygen atoms in total. The minimum absolute atomic E-state index is 0.139. The van der Waals surface area contributed by atoms with Gasteiger partial charge in [-0.3, -0.25) is 15.0 Å². The van der Waals surface area contributed by atoms with Crippen LogP contribution in [0.25, 0.3) is 11.3 Å². The largest absolute Gasteiger partial charge is 0.379 e. The van der Waals surface area contributed by atoms with Crippen LogP contribution in [0.15, 0.2) is 23.6 Å². The topological polar surface area (TPSA) is 68.5 Å². The van der Waals surface area contributed by atoms with Gasteiger partial charge in [-0.2, -0.15) is 0 Å². The molecule has 0 atom stereocenters. The van der Waals surface area contributed by atoms with Gasteiger partial charge in [-0.15, -0.1) is 11.3 Å². The summed E-state index contributed by atoms with van der Waals surface area (Å²) in [6.45, 7) is 5.93. The monoisotopic (exact) mass is 319 g/mol. The number of hydrogen-bond donors (Lipinski definition) is 0. The Morgan fingerprint density at radius 2 is 2.18 bits per heavy atom. The van der Waals surface area contributed by atoms with Crippen LogP contribution in [0.5, 0.6) is 0 Å². The predicted octanol–water partition coefficient (Wildman–Crippen LogP) is 2.86. The molecule has 1 aromatic heterocycles. The van der Waals surface area contributed by atoms with Crippen LogP contribution in [0.3, 0.4) is 0 Å². The number of nitro groups is 1. The van der Waals surface area contributed by atoms with Gasteiger partial charge in [-0.1, -0.05) is 12.1 Å². The highest BCUT2D eigenvalue weighted by atomic mass is 32.1. The molecule has 0 aliphatic carbocycles. The van der Waals surface area contributed by atoms with Gasteiger partial charge in [0.05, 0.1) is 30.4 Å². The standard InChI is InChI=1S/C15H17N3O3S/c1-11-2-3-12(8-14(11)18(19)20)13-10-22-15(16-13)9-17-4-6-21-7-5-17/h2-3,8,10H,4-7,9H2,1H3. The molecule has 2 aromatic rings. The second kappa shape index (κ2) is 6.51. The van der Waals surface area contributed by atoms with Gasteiger partial charge >= 0.3 is 0 Å². The molecule has 116 valence electrons. The molecule has 0 amide bonds. The van der Waals surface area contributed by atoms with Crippen LogP contribution in [0, 0.1) is 17.0 Å². The van der Waals surface area contributed by atoms with Crippen molar-refractivity contribution in [2.24, 2.45) is 0 Å². The fraction of sp³-hybridized carbons (Fsp3) is 0.400. The van der Waals surface area contributed by atoms with Gasteiger partial charge in [-0.05, 0) is 6.92 Å². The van der Waals surface area contributed by atoms with Gasteiger partial charge in [0.2, 0.25) is 0 Å². The van der Waals surface area contributed by atoms with Gasteiger partial charge in [0, 0.05) is 35.7 Å². The molecular weight excluding hydrogens is 302 g/mol. The minimum Gasteiger partial charge on any atom is -0.379 e. The maximum Gasteiger partial charge on any atom is 0.272 e. The number of aryl methyl sites for hydroxylation is 1. The van der Waals surface area contributed by atoms with E-state index in [-0.39, 0.29) is 10.6 Å². The van der Waals surface area contributed by atoms with Crippen molar-refractivity contribution in [3.63, 3.8) is 0 Å². The number of hydrogen-bond acceptors (Lipinski definition) is 6. The van der Waals surface area contributed by atoms with Crippen LogP contribution in [0.1, 0.15) is 10.6 Å². The average Bonchev–Trinajstić information content (AvgIpc) is 2.97. The Balaban J connectivity index is 1.78. The third-order valence-electron chi connectivity index (χ3n) is 3.72. The lowest BCUT2D eigenvalue weighted by Crippen LogP contribution is -2.35. The zero-order valence-corrected chi connectivity index (χ0v) is 13.1. The van der Waals surface area contributed by atoms with Gasteiger partial charge in [0.25, 0.3) is 5.69 Å². The molecule has 1 aromatic carbocycles. The molecule has 7 heteroatoms. The molecule has 0 unspecified atom stereocenters. The Bertz CT molecular complexity index is 680. The minimum atomic E-state index is -0.347. The number of aromatic nitrogens is 1. The maximum atomic E-state index is 11.0. The lowest BCUT2D eigenvalue weighted by Gasteiger charge is -2.25. The third-order valence-corrected chi connectivity index (χ3v) is 4.55. The average molecular weight is 319 g/mol. The van der Waals surface area contributed by atoms with Gasteiger partial charge in [-0.25, -0.2) is 4.98 Å². The number of benzene rings is 1. The summed E-state index contributed by atoms with van der Waals surface area (Å²) in [5.74, 6) is 0. The van der Waals surface area contributed by atoms with Gasteiger partial charge in [0.1, 0.15) is 5.01 Å². The summed E-state index contributed by atoms with van der Waals surface area (Å²) in [5, 5.41) is 14.0. The molecule has 0 N–H and O–H groups in total. The van der Waals surface area contributed by atoms with E-state index in [1.165, 1.54) is 0 Å². The Labute approximate surface area is 132 Å². The Morgan fingerprint density at radius 3 is 2.91 bits per heavy atom. The van der Waals surface area contributed by atoms with Crippen molar-refractivity contribution in [2.45, 2.75) is 13.5 Å². The highest BCUT2D eigenvalue weighted by Gasteiger charge is 2.15. The van der Waals surface area contributed by atoms with Crippen LogP contribution in [-0.2, 0) is 11.3 Å². The molecule has 22 heavy (non-hydrogen) atoms. The van der Waals surface area contributed by atoms with Crippen molar-refractivity contribution in [1.82, 2.24) is 9.88 Å². The van der Waals surface area contributed by atoms with E-state index in [0.717, 1.165) is 49.1 Å². The normalized spacial score (nSPS) is 15.9. The first-order valence-electron chi connectivity index (χ1n) is 7.13. The first-order valence-corrected chi connectivity index (χ1v) is 8.01. The summed E-state index contributed by atoms with van der Waals surface area (Å²) < 4.78 is 5.34. The highest BCUT2D eigenvalue weighted by Crippen LogP contribution is 2.28. The quantitative estimate of drug-likeness (QED) is 0.640. The fourth-order valence-corrected chi connectivity index (χ4v) is 3.28. The SMILES string of the molecule is Cc1ccc(-c2csc(CN3CCOCC3)n2)cc1[N+](=O)[O-]. The second-order valence-electron chi connectivity index (χ2n) is 5.27. The molecule has 2 heterocycles. The molecule has 1 aliphatic heterocycles. The van der Waals surface area contributed by atoms with E-state index in [4.69, 9.17) is 4.74 Å². The van der Waals surface area contributed by atoms with Gasteiger partial charge < -0.3 is 4.74 Å². The number of nitrogens with zero attached hydrogens (tertiary/aromatic N) is 3. The van der Waals surface area contributed by atoms with Crippen molar-refractivity contribution in [3.8, 4) is 11.3 Å². The third kappa shape index (κ3) is 3.32. The zero-order valence-electron chi connectivity index (χ0n) is 12.3. The van der Waals surface area contributed by atoms with E-state index in [9.17, 15) is 10.1 Å². The molecule has 3 rings (SSSR count). The van der Waals surface area contributed by atoms with Crippen LogP contribution in [0.4, 0.5) is 5.69 Å². The van der Waals surface area contributed by atoms with Gasteiger partial charge in [0.15, 0.2) is 0 Å². The maximum absolute atomic E-state index is 11.0. The van der Waals surface area contributed by atoms with Crippen molar-refractivity contribution in [3.05, 3.63) is 44.3 Å². The van der Waals surface area contributed by atoms with Crippen molar-refractivity contribution in [2.75, 3.05) is 26.3 Å². The zero-order chi connectivity index (χ0) is 15.5. The van der Waals surface area contributed by atoms with Crippen molar-refractivity contribution >= 4 is 17.0 Å². The van der Waals surface area contributed by atoms with E-state index in [0.29, 0.717) is 5.56 Å². The highest BCUT2D eigenvalue weighted by molar-refractivity contribution is 7.09. The number of nitro benzene ring substituents is 1. The van der Waals surface area contributed by atoms with E-state index in [2.05, 4.69) is 9.88 Å².